The van der Waals surface area contributed by atoms with Crippen LogP contribution in [0.3, 0.4) is 0 Å². The van der Waals surface area contributed by atoms with Gasteiger partial charge in [0.2, 0.25) is 10.0 Å². The summed E-state index contributed by atoms with van der Waals surface area (Å²) in [6, 6.07) is 12.6. The Balaban J connectivity index is 1.36. The smallest absolute Gasteiger partial charge is 0.281 e. The zero-order valence-corrected chi connectivity index (χ0v) is 19.7. The summed E-state index contributed by atoms with van der Waals surface area (Å²) in [5, 5.41) is 7.90. The van der Waals surface area contributed by atoms with Crippen LogP contribution in [0.1, 0.15) is 30.1 Å². The second kappa shape index (κ2) is 9.19. The molecule has 0 amide bonds. The van der Waals surface area contributed by atoms with E-state index in [1.54, 1.807) is 30.3 Å². The summed E-state index contributed by atoms with van der Waals surface area (Å²) in [7, 11) is -2.13. The molecule has 1 aliphatic rings. The van der Waals surface area contributed by atoms with E-state index in [4.69, 9.17) is 4.74 Å². The van der Waals surface area contributed by atoms with E-state index in [0.717, 1.165) is 0 Å². The average Bonchev–Trinajstić information content (AvgIpc) is 3.28. The first kappa shape index (κ1) is 23.1. The molecule has 5 rings (SSSR count). The monoisotopic (exact) mass is 498 g/mol. The zero-order valence-electron chi connectivity index (χ0n) is 18.9. The van der Waals surface area contributed by atoms with Crippen molar-refractivity contribution in [2.24, 2.45) is 0 Å². The SMILES string of the molecule is COc1ccc(S(=O)(=O)N2CCC(c3nc4c(nnn4Cc4ccccc4F)c(=O)[nH]3)CC2)cc1. The number of fused-ring (bicyclic) bond motifs is 1. The van der Waals surface area contributed by atoms with Crippen molar-refractivity contribution in [2.45, 2.75) is 30.2 Å². The molecule has 0 bridgehead atoms. The van der Waals surface area contributed by atoms with Crippen LogP contribution in [-0.2, 0) is 16.6 Å². The highest BCUT2D eigenvalue weighted by Crippen LogP contribution is 2.29. The highest BCUT2D eigenvalue weighted by molar-refractivity contribution is 7.89. The van der Waals surface area contributed by atoms with Crippen LogP contribution in [0, 0.1) is 5.82 Å². The van der Waals surface area contributed by atoms with Gasteiger partial charge in [-0.2, -0.15) is 4.31 Å². The quantitative estimate of drug-likeness (QED) is 0.433. The van der Waals surface area contributed by atoms with Crippen LogP contribution in [-0.4, -0.2) is 57.9 Å². The number of benzene rings is 2. The largest absolute Gasteiger partial charge is 0.497 e. The fourth-order valence-electron chi connectivity index (χ4n) is 4.24. The molecule has 3 heterocycles. The maximum Gasteiger partial charge on any atom is 0.281 e. The third-order valence-corrected chi connectivity index (χ3v) is 8.12. The maximum absolute atomic E-state index is 14.1. The number of hydrogen-bond donors (Lipinski definition) is 1. The molecule has 10 nitrogen and oxygen atoms in total. The second-order valence-corrected chi connectivity index (χ2v) is 10.3. The van der Waals surface area contributed by atoms with Gasteiger partial charge in [0.05, 0.1) is 18.6 Å². The van der Waals surface area contributed by atoms with E-state index in [2.05, 4.69) is 20.3 Å². The fraction of sp³-hybridized carbons (Fsp3) is 0.304. The standard InChI is InChI=1S/C23H23FN6O4S/c1-34-17-6-8-18(9-7-17)35(32,33)29-12-10-15(11-13-29)21-25-22-20(23(31)26-21)27-28-30(22)14-16-4-2-3-5-19(16)24/h2-9,15H,10-14H2,1H3,(H,25,26,31). The minimum atomic E-state index is -3.65. The number of aromatic amines is 1. The number of nitrogens with zero attached hydrogens (tertiary/aromatic N) is 5. The predicted octanol–water partition coefficient (Wildman–Crippen LogP) is 2.28. The number of H-pyrrole nitrogens is 1. The molecule has 182 valence electrons. The van der Waals surface area contributed by atoms with Gasteiger partial charge in [-0.15, -0.1) is 5.10 Å². The van der Waals surface area contributed by atoms with Gasteiger partial charge in [0, 0.05) is 24.6 Å². The summed E-state index contributed by atoms with van der Waals surface area (Å²) in [4.78, 5) is 20.2. The number of halogens is 1. The number of nitrogens with one attached hydrogen (secondary N) is 1. The van der Waals surface area contributed by atoms with Gasteiger partial charge in [0.25, 0.3) is 5.56 Å². The molecular formula is C23H23FN6O4S. The molecule has 2 aromatic heterocycles. The van der Waals surface area contributed by atoms with Crippen molar-refractivity contribution in [1.29, 1.82) is 0 Å². The van der Waals surface area contributed by atoms with E-state index in [-0.39, 0.29) is 47.4 Å². The molecule has 12 heteroatoms. The van der Waals surface area contributed by atoms with Crippen LogP contribution in [0.25, 0.3) is 11.2 Å². The summed E-state index contributed by atoms with van der Waals surface area (Å²) in [5.41, 5.74) is 0.308. The van der Waals surface area contributed by atoms with Gasteiger partial charge in [-0.1, -0.05) is 23.4 Å². The molecule has 2 aromatic carbocycles. The number of ether oxygens (including phenoxy) is 1. The minimum absolute atomic E-state index is 0.0737. The number of methoxy groups -OCH3 is 1. The second-order valence-electron chi connectivity index (χ2n) is 8.32. The molecule has 1 saturated heterocycles. The Hall–Kier alpha value is -3.64. The van der Waals surface area contributed by atoms with E-state index in [9.17, 15) is 17.6 Å². The van der Waals surface area contributed by atoms with E-state index in [1.807, 2.05) is 0 Å². The third-order valence-electron chi connectivity index (χ3n) is 6.21. The summed E-state index contributed by atoms with van der Waals surface area (Å²) in [5.74, 6) is 0.496. The molecule has 4 aromatic rings. The van der Waals surface area contributed by atoms with Crippen LogP contribution < -0.4 is 10.3 Å². The molecule has 0 spiro atoms. The van der Waals surface area contributed by atoms with E-state index in [0.29, 0.717) is 30.0 Å². The van der Waals surface area contributed by atoms with Gasteiger partial charge in [0.1, 0.15) is 17.4 Å². The lowest BCUT2D eigenvalue weighted by atomic mass is 9.97. The number of rotatable bonds is 6. The lowest BCUT2D eigenvalue weighted by Gasteiger charge is -2.30. The molecule has 0 saturated carbocycles. The van der Waals surface area contributed by atoms with Gasteiger partial charge in [-0.3, -0.25) is 4.79 Å². The van der Waals surface area contributed by atoms with Crippen molar-refractivity contribution < 1.29 is 17.5 Å². The topological polar surface area (TPSA) is 123 Å². The Labute approximate surface area is 200 Å². The lowest BCUT2D eigenvalue weighted by molar-refractivity contribution is 0.313. The van der Waals surface area contributed by atoms with Gasteiger partial charge < -0.3 is 9.72 Å². The minimum Gasteiger partial charge on any atom is -0.497 e. The molecule has 0 radical (unpaired) electrons. The lowest BCUT2D eigenvalue weighted by Crippen LogP contribution is -2.38. The molecule has 0 unspecified atom stereocenters. The van der Waals surface area contributed by atoms with Crippen molar-refractivity contribution in [2.75, 3.05) is 20.2 Å². The van der Waals surface area contributed by atoms with Crippen LogP contribution in [0.2, 0.25) is 0 Å². The zero-order chi connectivity index (χ0) is 24.6. The normalized spacial score (nSPS) is 15.5. The highest BCUT2D eigenvalue weighted by atomic mass is 32.2. The molecule has 35 heavy (non-hydrogen) atoms. The maximum atomic E-state index is 14.1. The fourth-order valence-corrected chi connectivity index (χ4v) is 5.71. The summed E-state index contributed by atoms with van der Waals surface area (Å²) < 4.78 is 48.1. The first-order valence-corrected chi connectivity index (χ1v) is 12.5. The Bertz CT molecular complexity index is 1530. The Morgan fingerprint density at radius 1 is 1.11 bits per heavy atom. The first-order chi connectivity index (χ1) is 16.9. The first-order valence-electron chi connectivity index (χ1n) is 11.1. The summed E-state index contributed by atoms with van der Waals surface area (Å²) in [6.45, 7) is 0.651. The molecule has 0 aliphatic carbocycles. The van der Waals surface area contributed by atoms with Gasteiger partial charge in [-0.25, -0.2) is 22.5 Å². The third kappa shape index (κ3) is 4.42. The molecule has 1 N–H and O–H groups in total. The molecule has 1 aliphatic heterocycles. The van der Waals surface area contributed by atoms with Crippen molar-refractivity contribution >= 4 is 21.2 Å². The number of hydrogen-bond acceptors (Lipinski definition) is 7. The molecular weight excluding hydrogens is 475 g/mol. The van der Waals surface area contributed by atoms with Gasteiger partial charge in [-0.05, 0) is 43.2 Å². The average molecular weight is 499 g/mol. The summed E-state index contributed by atoms with van der Waals surface area (Å²) in [6.07, 6.45) is 0.970. The van der Waals surface area contributed by atoms with Crippen molar-refractivity contribution in [3.63, 3.8) is 0 Å². The Kier molecular flexibility index (Phi) is 6.07. The molecule has 0 atom stereocenters. The van der Waals surface area contributed by atoms with Gasteiger partial charge in [0.15, 0.2) is 11.2 Å². The molecule has 1 fully saturated rings. The van der Waals surface area contributed by atoms with E-state index >= 15 is 0 Å². The van der Waals surface area contributed by atoms with E-state index < -0.39 is 15.6 Å². The number of piperidine rings is 1. The highest BCUT2D eigenvalue weighted by Gasteiger charge is 2.31. The Morgan fingerprint density at radius 3 is 2.51 bits per heavy atom. The van der Waals surface area contributed by atoms with Crippen molar-refractivity contribution in [3.8, 4) is 5.75 Å². The van der Waals surface area contributed by atoms with Crippen LogP contribution >= 0.6 is 0 Å². The van der Waals surface area contributed by atoms with E-state index in [1.165, 1.54) is 34.3 Å². The van der Waals surface area contributed by atoms with Gasteiger partial charge >= 0.3 is 0 Å². The predicted molar refractivity (Wildman–Crippen MR) is 125 cm³/mol. The number of sulfonamides is 1. The van der Waals surface area contributed by atoms with Crippen LogP contribution in [0.4, 0.5) is 4.39 Å². The Morgan fingerprint density at radius 2 is 1.83 bits per heavy atom. The summed E-state index contributed by atoms with van der Waals surface area (Å²) >= 11 is 0. The van der Waals surface area contributed by atoms with Crippen LogP contribution in [0.15, 0.2) is 58.2 Å². The van der Waals surface area contributed by atoms with Crippen molar-refractivity contribution in [1.82, 2.24) is 29.3 Å². The van der Waals surface area contributed by atoms with Crippen LogP contribution in [0.5, 0.6) is 5.75 Å². The van der Waals surface area contributed by atoms with Crippen molar-refractivity contribution in [3.05, 3.63) is 76.1 Å². The number of aromatic nitrogens is 5.